The third kappa shape index (κ3) is 0.886. The Morgan fingerprint density at radius 1 is 1.62 bits per heavy atom. The maximum absolute atomic E-state index is 12.1. The molecule has 0 aromatic carbocycles. The van der Waals surface area contributed by atoms with Crippen LogP contribution in [0.2, 0.25) is 0 Å². The van der Waals surface area contributed by atoms with E-state index in [0.29, 0.717) is 0 Å². The fourth-order valence-electron chi connectivity index (χ4n) is 0.526. The lowest BCUT2D eigenvalue weighted by atomic mass is 10.2. The molecule has 1 radical (unpaired) electrons. The number of allylic oxidation sites excluding steroid dienone is 3. The second-order valence-electron chi connectivity index (χ2n) is 1.59. The van der Waals surface area contributed by atoms with Gasteiger partial charge in [0, 0.05) is 6.42 Å². The second kappa shape index (κ2) is 1.99. The first-order chi connectivity index (χ1) is 3.80. The van der Waals surface area contributed by atoms with Crippen molar-refractivity contribution >= 4 is 0 Å². The van der Waals surface area contributed by atoms with E-state index in [4.69, 9.17) is 5.11 Å². The van der Waals surface area contributed by atoms with Gasteiger partial charge in [0.15, 0.2) is 0 Å². The SMILES string of the molecule is OC1=C(F)CC=C[CH]1. The van der Waals surface area contributed by atoms with Gasteiger partial charge >= 0.3 is 0 Å². The van der Waals surface area contributed by atoms with Crippen molar-refractivity contribution < 1.29 is 9.50 Å². The van der Waals surface area contributed by atoms with E-state index in [1.807, 2.05) is 0 Å². The Hall–Kier alpha value is -0.790. The molecule has 1 aliphatic carbocycles. The maximum atomic E-state index is 12.1. The van der Waals surface area contributed by atoms with E-state index < -0.39 is 5.83 Å². The molecule has 0 aliphatic heterocycles. The lowest BCUT2D eigenvalue weighted by molar-refractivity contribution is 0.386. The molecule has 0 bridgehead atoms. The lowest BCUT2D eigenvalue weighted by Crippen LogP contribution is -1.89. The fourth-order valence-corrected chi connectivity index (χ4v) is 0.526. The predicted molar refractivity (Wildman–Crippen MR) is 28.8 cm³/mol. The Kier molecular flexibility index (Phi) is 1.33. The van der Waals surface area contributed by atoms with Gasteiger partial charge in [-0.25, -0.2) is 4.39 Å². The smallest absolute Gasteiger partial charge is 0.142 e. The highest BCUT2D eigenvalue weighted by Gasteiger charge is 2.04. The van der Waals surface area contributed by atoms with Crippen LogP contribution < -0.4 is 0 Å². The van der Waals surface area contributed by atoms with E-state index >= 15 is 0 Å². The average Bonchev–Trinajstić information content (AvgIpc) is 1.77. The van der Waals surface area contributed by atoms with Gasteiger partial charge in [-0.15, -0.1) is 0 Å². The highest BCUT2D eigenvalue weighted by Crippen LogP contribution is 2.16. The van der Waals surface area contributed by atoms with Crippen molar-refractivity contribution in [2.45, 2.75) is 6.42 Å². The van der Waals surface area contributed by atoms with Gasteiger partial charge in [0.05, 0.1) is 6.42 Å². The number of halogens is 1. The zero-order valence-electron chi connectivity index (χ0n) is 4.26. The van der Waals surface area contributed by atoms with Gasteiger partial charge in [0.25, 0.3) is 0 Å². The van der Waals surface area contributed by atoms with Crippen LogP contribution in [0.5, 0.6) is 0 Å². The van der Waals surface area contributed by atoms with Crippen LogP contribution in [0.15, 0.2) is 23.7 Å². The average molecular weight is 113 g/mol. The van der Waals surface area contributed by atoms with Crippen molar-refractivity contribution in [3.8, 4) is 0 Å². The zero-order valence-corrected chi connectivity index (χ0v) is 4.26. The Bertz CT molecular complexity index is 131. The molecular weight excluding hydrogens is 107 g/mol. The summed E-state index contributed by atoms with van der Waals surface area (Å²) < 4.78 is 12.1. The predicted octanol–water partition coefficient (Wildman–Crippen LogP) is 1.89. The van der Waals surface area contributed by atoms with Gasteiger partial charge in [-0.05, 0) is 0 Å². The molecule has 0 amide bonds. The molecule has 0 aromatic heterocycles. The molecule has 0 heterocycles. The highest BCUT2D eigenvalue weighted by molar-refractivity contribution is 5.24. The summed E-state index contributed by atoms with van der Waals surface area (Å²) in [5, 5.41) is 8.58. The minimum Gasteiger partial charge on any atom is -0.509 e. The van der Waals surface area contributed by atoms with E-state index in [0.717, 1.165) is 0 Å². The molecular formula is C6H6FO. The molecule has 0 fully saturated rings. The van der Waals surface area contributed by atoms with E-state index in [-0.39, 0.29) is 12.2 Å². The molecule has 43 valence electrons. The topological polar surface area (TPSA) is 20.2 Å². The Labute approximate surface area is 47.1 Å². The standard InChI is InChI=1S/C6H6FO/c7-5-3-1-2-4-6(5)8/h1-2,4,8H,3H2. The summed E-state index contributed by atoms with van der Waals surface area (Å²) in [6.45, 7) is 0. The van der Waals surface area contributed by atoms with Crippen LogP contribution in [-0.2, 0) is 0 Å². The maximum Gasteiger partial charge on any atom is 0.142 e. The Balaban J connectivity index is 2.67. The highest BCUT2D eigenvalue weighted by atomic mass is 19.1. The molecule has 0 saturated heterocycles. The van der Waals surface area contributed by atoms with Crippen LogP contribution >= 0.6 is 0 Å². The fraction of sp³-hybridized carbons (Fsp3) is 0.167. The molecule has 1 nitrogen and oxygen atoms in total. The van der Waals surface area contributed by atoms with Crippen LogP contribution in [0.4, 0.5) is 4.39 Å². The molecule has 0 spiro atoms. The monoisotopic (exact) mass is 113 g/mol. The van der Waals surface area contributed by atoms with Gasteiger partial charge in [-0.3, -0.25) is 0 Å². The molecule has 8 heavy (non-hydrogen) atoms. The summed E-state index contributed by atoms with van der Waals surface area (Å²) in [7, 11) is 0. The summed E-state index contributed by atoms with van der Waals surface area (Å²) >= 11 is 0. The van der Waals surface area contributed by atoms with Gasteiger partial charge < -0.3 is 5.11 Å². The summed E-state index contributed by atoms with van der Waals surface area (Å²) in [5.41, 5.74) is 0. The minimum atomic E-state index is -0.451. The quantitative estimate of drug-likeness (QED) is 0.508. The Morgan fingerprint density at radius 3 is 2.75 bits per heavy atom. The lowest BCUT2D eigenvalue weighted by Gasteiger charge is -2.00. The first kappa shape index (κ1) is 5.35. The number of aliphatic hydroxyl groups is 1. The summed E-state index contributed by atoms with van der Waals surface area (Å²) in [6.07, 6.45) is 4.83. The molecule has 0 unspecified atom stereocenters. The largest absolute Gasteiger partial charge is 0.509 e. The van der Waals surface area contributed by atoms with E-state index in [9.17, 15) is 4.39 Å². The van der Waals surface area contributed by atoms with Crippen LogP contribution in [0, 0.1) is 6.42 Å². The van der Waals surface area contributed by atoms with Gasteiger partial charge in [-0.2, -0.15) is 0 Å². The third-order valence-corrected chi connectivity index (χ3v) is 0.965. The van der Waals surface area contributed by atoms with Crippen molar-refractivity contribution in [2.24, 2.45) is 0 Å². The van der Waals surface area contributed by atoms with Crippen molar-refractivity contribution in [2.75, 3.05) is 0 Å². The van der Waals surface area contributed by atoms with E-state index in [1.54, 1.807) is 12.2 Å². The van der Waals surface area contributed by atoms with Crippen molar-refractivity contribution in [1.82, 2.24) is 0 Å². The summed E-state index contributed by atoms with van der Waals surface area (Å²) in [4.78, 5) is 0. The first-order valence-electron chi connectivity index (χ1n) is 2.38. The number of aliphatic hydroxyl groups excluding tert-OH is 1. The summed E-state index contributed by atoms with van der Waals surface area (Å²) in [5.74, 6) is -0.694. The molecule has 1 rings (SSSR count). The van der Waals surface area contributed by atoms with Crippen LogP contribution in [0.1, 0.15) is 6.42 Å². The van der Waals surface area contributed by atoms with Crippen molar-refractivity contribution in [1.29, 1.82) is 0 Å². The zero-order chi connectivity index (χ0) is 5.98. The van der Waals surface area contributed by atoms with E-state index in [2.05, 4.69) is 0 Å². The second-order valence-corrected chi connectivity index (χ2v) is 1.59. The van der Waals surface area contributed by atoms with Crippen molar-refractivity contribution in [3.05, 3.63) is 30.2 Å². The van der Waals surface area contributed by atoms with Crippen LogP contribution in [-0.4, -0.2) is 5.11 Å². The number of hydrogen-bond donors (Lipinski definition) is 1. The number of hydrogen-bond acceptors (Lipinski definition) is 1. The molecule has 0 aromatic rings. The molecule has 0 atom stereocenters. The Morgan fingerprint density at radius 2 is 2.38 bits per heavy atom. The first-order valence-corrected chi connectivity index (χ1v) is 2.38. The van der Waals surface area contributed by atoms with Crippen LogP contribution in [0.3, 0.4) is 0 Å². The molecule has 2 heteroatoms. The minimum absolute atomic E-state index is 0.225. The normalized spacial score (nSPS) is 19.6. The van der Waals surface area contributed by atoms with Crippen molar-refractivity contribution in [3.63, 3.8) is 0 Å². The van der Waals surface area contributed by atoms with Gasteiger partial charge in [0.2, 0.25) is 0 Å². The molecule has 1 aliphatic rings. The molecule has 1 N–H and O–H groups in total. The van der Waals surface area contributed by atoms with E-state index in [1.165, 1.54) is 6.42 Å². The molecule has 0 saturated carbocycles. The third-order valence-electron chi connectivity index (χ3n) is 0.965. The summed E-state index contributed by atoms with van der Waals surface area (Å²) in [6, 6.07) is 0. The number of rotatable bonds is 0. The van der Waals surface area contributed by atoms with Gasteiger partial charge in [0.1, 0.15) is 11.6 Å². The van der Waals surface area contributed by atoms with Gasteiger partial charge in [-0.1, -0.05) is 12.2 Å². The van der Waals surface area contributed by atoms with Crippen LogP contribution in [0.25, 0.3) is 0 Å².